The predicted molar refractivity (Wildman–Crippen MR) is 142 cm³/mol. The maximum atomic E-state index is 14.8. The largest absolute Gasteiger partial charge is 0.298 e. The van der Waals surface area contributed by atoms with Crippen LogP contribution in [-0.4, -0.2) is 35.4 Å². The van der Waals surface area contributed by atoms with E-state index in [0.29, 0.717) is 16.3 Å². The van der Waals surface area contributed by atoms with Crippen LogP contribution < -0.4 is 10.9 Å². The van der Waals surface area contributed by atoms with Gasteiger partial charge in [-0.2, -0.15) is 0 Å². The molecule has 3 heterocycles. The Morgan fingerprint density at radius 1 is 1.11 bits per heavy atom. The van der Waals surface area contributed by atoms with Crippen molar-refractivity contribution >= 4 is 44.2 Å². The first-order valence-electron chi connectivity index (χ1n) is 11.4. The molecular weight excluding hydrogens is 532 g/mol. The summed E-state index contributed by atoms with van der Waals surface area (Å²) in [6.45, 7) is 3.47. The van der Waals surface area contributed by atoms with E-state index in [2.05, 4.69) is 20.3 Å². The number of anilines is 1. The molecule has 0 fully saturated rings. The smallest absolute Gasteiger partial charge is 0.257 e. The highest BCUT2D eigenvalue weighted by atomic mass is 32.2. The minimum atomic E-state index is -1.67. The van der Waals surface area contributed by atoms with Crippen molar-refractivity contribution in [2.75, 3.05) is 11.1 Å². The van der Waals surface area contributed by atoms with E-state index in [9.17, 15) is 22.6 Å². The van der Waals surface area contributed by atoms with Crippen molar-refractivity contribution in [3.63, 3.8) is 0 Å². The Balaban J connectivity index is 1.79. The Bertz CT molecular complexity index is 1770. The highest BCUT2D eigenvalue weighted by Crippen LogP contribution is 2.31. The molecular formula is C26H19F2N5O3S2. The van der Waals surface area contributed by atoms with Gasteiger partial charge in [0.2, 0.25) is 5.16 Å². The van der Waals surface area contributed by atoms with Crippen LogP contribution in [-0.2, 0) is 10.8 Å². The van der Waals surface area contributed by atoms with Gasteiger partial charge in [-0.05, 0) is 42.8 Å². The minimum Gasteiger partial charge on any atom is -0.298 e. The lowest BCUT2D eigenvalue weighted by Crippen LogP contribution is -2.22. The highest BCUT2D eigenvalue weighted by Gasteiger charge is 2.22. The van der Waals surface area contributed by atoms with Gasteiger partial charge in [0.25, 0.3) is 11.5 Å². The molecule has 8 nitrogen and oxygen atoms in total. The molecule has 1 amide bonds. The summed E-state index contributed by atoms with van der Waals surface area (Å²) in [5, 5.41) is 5.06. The number of carbonyl (C=O) groups excluding carboxylic acids is 1. The average Bonchev–Trinajstić information content (AvgIpc) is 3.42. The second-order valence-corrected chi connectivity index (χ2v) is 10.7. The van der Waals surface area contributed by atoms with Crippen molar-refractivity contribution in [1.29, 1.82) is 0 Å². The van der Waals surface area contributed by atoms with E-state index in [1.54, 1.807) is 43.6 Å². The highest BCUT2D eigenvalue weighted by molar-refractivity contribution is 7.84. The van der Waals surface area contributed by atoms with Crippen LogP contribution in [0.25, 0.3) is 28.0 Å². The third kappa shape index (κ3) is 4.63. The number of benzene rings is 2. The number of nitrogens with one attached hydrogen (secondary N) is 1. The van der Waals surface area contributed by atoms with Gasteiger partial charge in [0, 0.05) is 39.9 Å². The average molecular weight is 552 g/mol. The van der Waals surface area contributed by atoms with Crippen molar-refractivity contribution < 1.29 is 17.8 Å². The van der Waals surface area contributed by atoms with Crippen molar-refractivity contribution in [3.8, 4) is 16.9 Å². The third-order valence-electron chi connectivity index (χ3n) is 5.76. The number of nitrogens with zero attached hydrogens (tertiary/aromatic N) is 4. The molecule has 1 N–H and O–H groups in total. The molecule has 5 rings (SSSR count). The van der Waals surface area contributed by atoms with E-state index in [4.69, 9.17) is 0 Å². The maximum Gasteiger partial charge on any atom is 0.257 e. The van der Waals surface area contributed by atoms with Crippen LogP contribution in [0, 0.1) is 18.6 Å². The number of hydrogen-bond donors (Lipinski definition) is 1. The van der Waals surface area contributed by atoms with Gasteiger partial charge in [0.05, 0.1) is 16.5 Å². The number of para-hydroxylation sites is 1. The number of rotatable bonds is 6. The molecule has 38 heavy (non-hydrogen) atoms. The molecule has 0 bridgehead atoms. The van der Waals surface area contributed by atoms with Crippen LogP contribution in [0.15, 0.2) is 70.1 Å². The summed E-state index contributed by atoms with van der Waals surface area (Å²) in [6, 6.07) is 10.8. The number of fused-ring (bicyclic) bond motifs is 1. The summed E-state index contributed by atoms with van der Waals surface area (Å²) in [7, 11) is -1.67. The molecule has 5 aromatic rings. The van der Waals surface area contributed by atoms with Crippen LogP contribution in [0.1, 0.15) is 22.8 Å². The molecule has 0 saturated carbocycles. The number of thiazole rings is 1. The first-order chi connectivity index (χ1) is 18.3. The number of pyridine rings is 1. The SMILES string of the molecule is CCS(=O)c1nc(-c2cc(C(=O)Nc3nccs3)ccc2C)c2ccc(=O)n(-c3c(F)cccc3F)c2n1. The van der Waals surface area contributed by atoms with E-state index in [0.717, 1.165) is 28.3 Å². The van der Waals surface area contributed by atoms with E-state index in [-0.39, 0.29) is 27.6 Å². The lowest BCUT2D eigenvalue weighted by Gasteiger charge is -2.16. The van der Waals surface area contributed by atoms with Gasteiger partial charge >= 0.3 is 0 Å². The molecule has 0 aliphatic heterocycles. The summed E-state index contributed by atoms with van der Waals surface area (Å²) in [5.41, 5.74) is 0.344. The lowest BCUT2D eigenvalue weighted by atomic mass is 9.99. The van der Waals surface area contributed by atoms with Gasteiger partial charge in [-0.3, -0.25) is 23.7 Å². The fraction of sp³-hybridized carbons (Fsp3) is 0.115. The van der Waals surface area contributed by atoms with Gasteiger partial charge in [0.1, 0.15) is 17.3 Å². The van der Waals surface area contributed by atoms with Crippen molar-refractivity contribution in [2.24, 2.45) is 0 Å². The zero-order chi connectivity index (χ0) is 27.0. The zero-order valence-corrected chi connectivity index (χ0v) is 21.7. The van der Waals surface area contributed by atoms with E-state index in [1.807, 2.05) is 0 Å². The number of amides is 1. The Morgan fingerprint density at radius 2 is 1.87 bits per heavy atom. The molecule has 1 atom stereocenters. The summed E-state index contributed by atoms with van der Waals surface area (Å²) >= 11 is 1.27. The Labute approximate surface area is 221 Å². The molecule has 1 unspecified atom stereocenters. The first-order valence-corrected chi connectivity index (χ1v) is 13.6. The second kappa shape index (κ2) is 10.3. The van der Waals surface area contributed by atoms with Gasteiger partial charge in [0.15, 0.2) is 10.8 Å². The Morgan fingerprint density at radius 3 is 2.55 bits per heavy atom. The van der Waals surface area contributed by atoms with Crippen LogP contribution in [0.5, 0.6) is 0 Å². The van der Waals surface area contributed by atoms with Crippen molar-refractivity contribution in [2.45, 2.75) is 19.0 Å². The Kier molecular flexibility index (Phi) is 6.91. The predicted octanol–water partition coefficient (Wildman–Crippen LogP) is 4.87. The molecule has 0 aliphatic rings. The number of carbonyl (C=O) groups is 1. The zero-order valence-electron chi connectivity index (χ0n) is 20.1. The van der Waals surface area contributed by atoms with E-state index in [1.165, 1.54) is 23.5 Å². The fourth-order valence-corrected chi connectivity index (χ4v) is 5.09. The minimum absolute atomic E-state index is 0.108. The fourth-order valence-electron chi connectivity index (χ4n) is 3.92. The van der Waals surface area contributed by atoms with E-state index < -0.39 is 39.6 Å². The van der Waals surface area contributed by atoms with Crippen LogP contribution >= 0.6 is 11.3 Å². The number of halogens is 2. The molecule has 3 aromatic heterocycles. The lowest BCUT2D eigenvalue weighted by molar-refractivity contribution is 0.102. The summed E-state index contributed by atoms with van der Waals surface area (Å²) in [5.74, 6) is -2.15. The molecule has 0 spiro atoms. The van der Waals surface area contributed by atoms with Gasteiger partial charge in [-0.1, -0.05) is 19.1 Å². The topological polar surface area (TPSA) is 107 Å². The number of aryl methyl sites for hydroxylation is 1. The van der Waals surface area contributed by atoms with Crippen LogP contribution in [0.4, 0.5) is 13.9 Å². The van der Waals surface area contributed by atoms with E-state index >= 15 is 0 Å². The summed E-state index contributed by atoms with van der Waals surface area (Å²) in [4.78, 5) is 38.7. The van der Waals surface area contributed by atoms with Crippen molar-refractivity contribution in [1.82, 2.24) is 19.5 Å². The van der Waals surface area contributed by atoms with Crippen LogP contribution in [0.3, 0.4) is 0 Å². The Hall–Kier alpha value is -4.16. The van der Waals surface area contributed by atoms with Crippen molar-refractivity contribution in [3.05, 3.63) is 93.2 Å². The molecule has 12 heteroatoms. The van der Waals surface area contributed by atoms with Gasteiger partial charge in [-0.25, -0.2) is 23.7 Å². The van der Waals surface area contributed by atoms with Crippen LogP contribution in [0.2, 0.25) is 0 Å². The monoisotopic (exact) mass is 551 g/mol. The number of aromatic nitrogens is 4. The normalized spacial score (nSPS) is 12.0. The third-order valence-corrected chi connectivity index (χ3v) is 7.57. The summed E-state index contributed by atoms with van der Waals surface area (Å²) < 4.78 is 43.2. The molecule has 192 valence electrons. The molecule has 0 radical (unpaired) electrons. The van der Waals surface area contributed by atoms with Gasteiger partial charge in [-0.15, -0.1) is 11.3 Å². The quantitative estimate of drug-likeness (QED) is 0.302. The summed E-state index contributed by atoms with van der Waals surface area (Å²) in [6.07, 6.45) is 1.57. The molecule has 2 aromatic carbocycles. The molecule has 0 saturated heterocycles. The standard InChI is InChI=1S/C26H19F2N5O3S2/c1-3-38(36)26-30-21(17-13-15(8-7-14(17)2)24(35)32-25-29-11-12-37-25)16-9-10-20(34)33(23(16)31-26)22-18(27)5-4-6-19(22)28/h4-13H,3H2,1-2H3,(H,29,32,35). The maximum absolute atomic E-state index is 14.8. The number of hydrogen-bond acceptors (Lipinski definition) is 7. The second-order valence-electron chi connectivity index (χ2n) is 8.12. The van der Waals surface area contributed by atoms with Gasteiger partial charge < -0.3 is 0 Å². The molecule has 0 aliphatic carbocycles. The first kappa shape index (κ1) is 25.5.